The summed E-state index contributed by atoms with van der Waals surface area (Å²) in [5, 5.41) is 0.606. The van der Waals surface area contributed by atoms with E-state index in [0.717, 1.165) is 6.42 Å². The summed E-state index contributed by atoms with van der Waals surface area (Å²) in [4.78, 5) is 33.5. The van der Waals surface area contributed by atoms with Gasteiger partial charge in [0.15, 0.2) is 0 Å². The van der Waals surface area contributed by atoms with Gasteiger partial charge in [0, 0.05) is 43.0 Å². The molecule has 6 nitrogen and oxygen atoms in total. The lowest BCUT2D eigenvalue weighted by Gasteiger charge is -2.24. The topological polar surface area (TPSA) is 62.7 Å². The van der Waals surface area contributed by atoms with E-state index in [1.807, 2.05) is 23.6 Å². The molecule has 2 heterocycles. The number of hydrogen-bond acceptors (Lipinski definition) is 5. The van der Waals surface area contributed by atoms with Gasteiger partial charge in [0.05, 0.1) is 6.10 Å². The molecule has 0 unspecified atom stereocenters. The van der Waals surface area contributed by atoms with Crippen LogP contribution in [0.2, 0.25) is 5.02 Å². The number of ether oxygens (including phenoxy) is 1. The molecule has 1 saturated heterocycles. The molecule has 0 aliphatic carbocycles. The quantitative estimate of drug-likeness (QED) is 0.732. The highest BCUT2D eigenvalue weighted by molar-refractivity contribution is 6.30. The van der Waals surface area contributed by atoms with Crippen molar-refractivity contribution in [1.29, 1.82) is 0 Å². The molecule has 3 rings (SSSR count). The molecule has 7 heteroatoms. The van der Waals surface area contributed by atoms with E-state index in [-0.39, 0.29) is 18.0 Å². The Labute approximate surface area is 170 Å². The fourth-order valence-electron chi connectivity index (χ4n) is 3.19. The average Bonchev–Trinajstić information content (AvgIpc) is 2.93. The van der Waals surface area contributed by atoms with Crippen molar-refractivity contribution < 1.29 is 14.3 Å². The molecule has 0 radical (unpaired) electrons. The van der Waals surface area contributed by atoms with E-state index in [1.54, 1.807) is 42.6 Å². The smallest absolute Gasteiger partial charge is 0.342 e. The maximum Gasteiger partial charge on any atom is 0.342 e. The van der Waals surface area contributed by atoms with E-state index < -0.39 is 0 Å². The van der Waals surface area contributed by atoms with Gasteiger partial charge in [0.25, 0.3) is 5.91 Å². The van der Waals surface area contributed by atoms with Crippen LogP contribution in [0, 0.1) is 0 Å². The highest BCUT2D eigenvalue weighted by Gasteiger charge is 2.24. The number of nitrogens with zero attached hydrogens (tertiary/aromatic N) is 3. The second-order valence-corrected chi connectivity index (χ2v) is 7.40. The molecule has 1 amide bonds. The van der Waals surface area contributed by atoms with Gasteiger partial charge in [-0.3, -0.25) is 4.79 Å². The van der Waals surface area contributed by atoms with Gasteiger partial charge in [0.2, 0.25) is 0 Å². The lowest BCUT2D eigenvalue weighted by molar-refractivity contribution is 0.0378. The number of carbonyl (C=O) groups excluding carboxylic acids is 2. The van der Waals surface area contributed by atoms with Crippen molar-refractivity contribution in [2.24, 2.45) is 0 Å². The lowest BCUT2D eigenvalue weighted by atomic mass is 10.2. The van der Waals surface area contributed by atoms with Crippen LogP contribution in [0.15, 0.2) is 42.6 Å². The normalized spacial score (nSPS) is 14.7. The molecule has 1 aromatic carbocycles. The summed E-state index contributed by atoms with van der Waals surface area (Å²) in [7, 11) is 0. The zero-order chi connectivity index (χ0) is 20.1. The number of benzene rings is 1. The van der Waals surface area contributed by atoms with Crippen LogP contribution in [0.3, 0.4) is 0 Å². The van der Waals surface area contributed by atoms with Gasteiger partial charge in [-0.1, -0.05) is 11.6 Å². The zero-order valence-corrected chi connectivity index (χ0v) is 16.9. The number of hydrogen-bond donors (Lipinski definition) is 0. The molecule has 0 saturated carbocycles. The van der Waals surface area contributed by atoms with Crippen molar-refractivity contribution in [2.75, 3.05) is 31.1 Å². The predicted octanol–water partition coefficient (Wildman–Crippen LogP) is 3.65. The maximum absolute atomic E-state index is 12.8. The molecule has 0 bridgehead atoms. The van der Waals surface area contributed by atoms with Crippen molar-refractivity contribution in [2.45, 2.75) is 26.4 Å². The Hall–Kier alpha value is -2.60. The van der Waals surface area contributed by atoms with Crippen molar-refractivity contribution in [1.82, 2.24) is 9.88 Å². The van der Waals surface area contributed by atoms with Crippen LogP contribution >= 0.6 is 11.6 Å². The SMILES string of the molecule is CC(C)OC(=O)c1cccnc1N1CCCN(C(=O)c2ccc(Cl)cc2)CC1. The number of pyridine rings is 1. The minimum atomic E-state index is -0.378. The van der Waals surface area contributed by atoms with Gasteiger partial charge >= 0.3 is 5.97 Å². The Kier molecular flexibility index (Phi) is 6.52. The minimum Gasteiger partial charge on any atom is -0.459 e. The van der Waals surface area contributed by atoms with Crippen LogP contribution in [-0.4, -0.2) is 54.0 Å². The zero-order valence-electron chi connectivity index (χ0n) is 16.1. The second-order valence-electron chi connectivity index (χ2n) is 6.97. The third-order valence-corrected chi connectivity index (χ3v) is 4.78. The Morgan fingerprint density at radius 1 is 1.07 bits per heavy atom. The number of halogens is 1. The van der Waals surface area contributed by atoms with Gasteiger partial charge in [-0.05, 0) is 56.7 Å². The summed E-state index contributed by atoms with van der Waals surface area (Å²) >= 11 is 5.91. The number of aromatic nitrogens is 1. The fourth-order valence-corrected chi connectivity index (χ4v) is 3.32. The van der Waals surface area contributed by atoms with E-state index in [9.17, 15) is 9.59 Å². The summed E-state index contributed by atoms with van der Waals surface area (Å²) in [6.07, 6.45) is 2.26. The van der Waals surface area contributed by atoms with Crippen molar-refractivity contribution in [3.05, 3.63) is 58.7 Å². The third-order valence-electron chi connectivity index (χ3n) is 4.52. The molecule has 2 aromatic rings. The van der Waals surface area contributed by atoms with Crippen LogP contribution in [0.25, 0.3) is 0 Å². The predicted molar refractivity (Wildman–Crippen MR) is 109 cm³/mol. The van der Waals surface area contributed by atoms with Crippen LogP contribution in [0.4, 0.5) is 5.82 Å². The molecule has 0 spiro atoms. The molecule has 1 fully saturated rings. The lowest BCUT2D eigenvalue weighted by Crippen LogP contribution is -2.35. The van der Waals surface area contributed by atoms with Gasteiger partial charge in [-0.2, -0.15) is 0 Å². The first-order chi connectivity index (χ1) is 13.5. The molecule has 148 valence electrons. The van der Waals surface area contributed by atoms with Crippen molar-refractivity contribution >= 4 is 29.3 Å². The second kappa shape index (κ2) is 9.06. The summed E-state index contributed by atoms with van der Waals surface area (Å²) < 4.78 is 5.34. The molecule has 28 heavy (non-hydrogen) atoms. The van der Waals surface area contributed by atoms with Crippen LogP contribution in [0.1, 0.15) is 41.0 Å². The molecular formula is C21H24ClN3O3. The van der Waals surface area contributed by atoms with E-state index in [4.69, 9.17) is 16.3 Å². The first-order valence-corrected chi connectivity index (χ1v) is 9.79. The van der Waals surface area contributed by atoms with Gasteiger partial charge in [0.1, 0.15) is 11.4 Å². The van der Waals surface area contributed by atoms with Gasteiger partial charge in [-0.25, -0.2) is 9.78 Å². The largest absolute Gasteiger partial charge is 0.459 e. The van der Waals surface area contributed by atoms with Gasteiger partial charge < -0.3 is 14.5 Å². The van der Waals surface area contributed by atoms with Crippen LogP contribution in [0.5, 0.6) is 0 Å². The van der Waals surface area contributed by atoms with Crippen molar-refractivity contribution in [3.63, 3.8) is 0 Å². The molecule has 1 aliphatic rings. The molecule has 0 atom stereocenters. The van der Waals surface area contributed by atoms with E-state index in [0.29, 0.717) is 48.1 Å². The highest BCUT2D eigenvalue weighted by Crippen LogP contribution is 2.21. The van der Waals surface area contributed by atoms with Crippen LogP contribution in [-0.2, 0) is 4.74 Å². The summed E-state index contributed by atoms with van der Waals surface area (Å²) in [6.45, 7) is 6.15. The van der Waals surface area contributed by atoms with E-state index >= 15 is 0 Å². The van der Waals surface area contributed by atoms with Crippen molar-refractivity contribution in [3.8, 4) is 0 Å². The number of rotatable bonds is 4. The standard InChI is InChI=1S/C21H24ClN3O3/c1-15(2)28-21(27)18-5-3-10-23-19(18)24-11-4-12-25(14-13-24)20(26)16-6-8-17(22)9-7-16/h3,5-10,15H,4,11-14H2,1-2H3. The average molecular weight is 402 g/mol. The van der Waals surface area contributed by atoms with E-state index in [1.165, 1.54) is 0 Å². The van der Waals surface area contributed by atoms with Gasteiger partial charge in [-0.15, -0.1) is 0 Å². The molecule has 1 aliphatic heterocycles. The minimum absolute atomic E-state index is 0.0148. The molecule has 0 N–H and O–H groups in total. The molecule has 1 aromatic heterocycles. The first-order valence-electron chi connectivity index (χ1n) is 9.41. The number of amides is 1. The van der Waals surface area contributed by atoms with Crippen LogP contribution < -0.4 is 4.90 Å². The number of carbonyl (C=O) groups is 2. The summed E-state index contributed by atoms with van der Waals surface area (Å²) in [5.74, 6) is 0.212. The van der Waals surface area contributed by atoms with E-state index in [2.05, 4.69) is 4.98 Å². The Bertz CT molecular complexity index is 839. The Morgan fingerprint density at radius 3 is 2.54 bits per heavy atom. The Balaban J connectivity index is 1.73. The maximum atomic E-state index is 12.8. The molecular weight excluding hydrogens is 378 g/mol. The highest BCUT2D eigenvalue weighted by atomic mass is 35.5. The summed E-state index contributed by atoms with van der Waals surface area (Å²) in [6, 6.07) is 10.4. The number of esters is 1. The fraction of sp³-hybridized carbons (Fsp3) is 0.381. The monoisotopic (exact) mass is 401 g/mol. The number of anilines is 1. The third kappa shape index (κ3) is 4.81. The first kappa shape index (κ1) is 20.1. The Morgan fingerprint density at radius 2 is 1.82 bits per heavy atom. The summed E-state index contributed by atoms with van der Waals surface area (Å²) in [5.41, 5.74) is 1.07.